The second-order valence-electron chi connectivity index (χ2n) is 7.01. The van der Waals surface area contributed by atoms with Crippen molar-refractivity contribution in [2.45, 2.75) is 6.04 Å². The van der Waals surface area contributed by atoms with E-state index in [-0.39, 0.29) is 6.04 Å². The minimum absolute atomic E-state index is 0.0322. The lowest BCUT2D eigenvalue weighted by atomic mass is 10.1. The zero-order valence-electron chi connectivity index (χ0n) is 17.1. The molecule has 0 saturated carbocycles. The number of nitrogens with one attached hydrogen (secondary N) is 3. The van der Waals surface area contributed by atoms with Crippen LogP contribution in [-0.4, -0.2) is 53.7 Å². The fraction of sp³-hybridized carbons (Fsp3) is 0.333. The predicted octanol–water partition coefficient (Wildman–Crippen LogP) is 0.702. The summed E-state index contributed by atoms with van der Waals surface area (Å²) >= 11 is 0. The molecule has 0 fully saturated rings. The molecule has 2 aromatic rings. The number of amides is 2. The summed E-state index contributed by atoms with van der Waals surface area (Å²) in [6.45, 7) is 0.355. The number of carbonyl (C=O) groups excluding carboxylic acids is 2. The first kappa shape index (κ1) is 21.2. The summed E-state index contributed by atoms with van der Waals surface area (Å²) in [6.07, 6.45) is 0. The van der Waals surface area contributed by atoms with Crippen molar-refractivity contribution < 1.29 is 19.2 Å². The maximum Gasteiger partial charge on any atom is 0.313 e. The summed E-state index contributed by atoms with van der Waals surface area (Å²) in [4.78, 5) is 27.6. The smallest absolute Gasteiger partial charge is 0.313 e. The average molecular weight is 385 g/mol. The molecule has 1 atom stereocenters. The summed E-state index contributed by atoms with van der Waals surface area (Å²) in [7, 11) is 9.57. The first-order valence-electron chi connectivity index (χ1n) is 9.12. The molecule has 28 heavy (non-hydrogen) atoms. The quantitative estimate of drug-likeness (QED) is 0.614. The second kappa shape index (κ2) is 9.75. The van der Waals surface area contributed by atoms with Gasteiger partial charge in [0.05, 0.1) is 27.7 Å². The van der Waals surface area contributed by atoms with Crippen LogP contribution in [0.4, 0.5) is 11.4 Å². The van der Waals surface area contributed by atoms with Crippen molar-refractivity contribution in [1.29, 1.82) is 0 Å². The summed E-state index contributed by atoms with van der Waals surface area (Å²) in [5.74, 6) is -0.765. The average Bonchev–Trinajstić information content (AvgIpc) is 2.68. The number of nitrogens with zero attached hydrogens (tertiary/aromatic N) is 1. The third-order valence-electron chi connectivity index (χ3n) is 4.51. The first-order valence-corrected chi connectivity index (χ1v) is 9.12. The lowest BCUT2D eigenvalue weighted by Gasteiger charge is -2.23. The van der Waals surface area contributed by atoms with Gasteiger partial charge in [-0.2, -0.15) is 0 Å². The van der Waals surface area contributed by atoms with Crippen molar-refractivity contribution in [3.8, 4) is 5.75 Å². The number of methoxy groups -OCH3 is 1. The molecular weight excluding hydrogens is 356 g/mol. The Labute approximate surface area is 166 Å². The van der Waals surface area contributed by atoms with E-state index in [1.165, 1.54) is 0 Å². The van der Waals surface area contributed by atoms with E-state index in [9.17, 15) is 9.59 Å². The van der Waals surface area contributed by atoms with Crippen LogP contribution in [-0.2, 0) is 9.59 Å². The molecule has 0 aliphatic carbocycles. The Morgan fingerprint density at radius 3 is 2.32 bits per heavy atom. The van der Waals surface area contributed by atoms with Gasteiger partial charge in [0, 0.05) is 37.1 Å². The van der Waals surface area contributed by atoms with E-state index in [0.29, 0.717) is 18.0 Å². The molecule has 2 aromatic carbocycles. The molecule has 0 unspecified atom stereocenters. The highest BCUT2D eigenvalue weighted by Gasteiger charge is 2.21. The molecule has 0 radical (unpaired) electrons. The van der Waals surface area contributed by atoms with Crippen LogP contribution in [0, 0.1) is 0 Å². The molecule has 2 rings (SSSR count). The SMILES string of the molecule is COc1cccc(NC(=O)C(=O)NC[C@@H](c2ccc(N(C)C)cc2)[NH+](C)C)c1. The van der Waals surface area contributed by atoms with Gasteiger partial charge in [-0.3, -0.25) is 9.59 Å². The third-order valence-corrected chi connectivity index (χ3v) is 4.51. The van der Waals surface area contributed by atoms with Crippen LogP contribution in [0.1, 0.15) is 11.6 Å². The van der Waals surface area contributed by atoms with E-state index in [4.69, 9.17) is 4.74 Å². The molecule has 150 valence electrons. The zero-order chi connectivity index (χ0) is 20.7. The highest BCUT2D eigenvalue weighted by molar-refractivity contribution is 6.39. The molecule has 0 heterocycles. The summed E-state index contributed by atoms with van der Waals surface area (Å²) < 4.78 is 5.12. The number of ether oxygens (including phenoxy) is 1. The standard InChI is InChI=1S/C21H28N4O3/c1-24(2)17-11-9-15(10-12-17)19(25(3)4)14-22-20(26)21(27)23-16-7-6-8-18(13-16)28-5/h6-13,19H,14H2,1-5H3,(H,22,26)(H,23,27)/p+1/t19-/m0/s1. The minimum atomic E-state index is -0.705. The normalized spacial score (nSPS) is 11.6. The Morgan fingerprint density at radius 2 is 1.75 bits per heavy atom. The van der Waals surface area contributed by atoms with E-state index in [1.54, 1.807) is 31.4 Å². The summed E-state index contributed by atoms with van der Waals surface area (Å²) in [5.41, 5.74) is 2.71. The van der Waals surface area contributed by atoms with E-state index in [1.807, 2.05) is 45.2 Å². The Hall–Kier alpha value is -3.06. The van der Waals surface area contributed by atoms with E-state index >= 15 is 0 Å². The van der Waals surface area contributed by atoms with Gasteiger partial charge < -0.3 is 25.2 Å². The summed E-state index contributed by atoms with van der Waals surface area (Å²) in [6, 6.07) is 15.1. The minimum Gasteiger partial charge on any atom is -0.497 e. The highest BCUT2D eigenvalue weighted by atomic mass is 16.5. The molecule has 2 amide bonds. The molecule has 7 heteroatoms. The lowest BCUT2D eigenvalue weighted by Crippen LogP contribution is -3.07. The largest absolute Gasteiger partial charge is 0.497 e. The van der Waals surface area contributed by atoms with Crippen LogP contribution in [0.25, 0.3) is 0 Å². The van der Waals surface area contributed by atoms with Crippen LogP contribution >= 0.6 is 0 Å². The highest BCUT2D eigenvalue weighted by Crippen LogP contribution is 2.17. The molecule has 7 nitrogen and oxygen atoms in total. The number of anilines is 2. The molecule has 0 aliphatic rings. The fourth-order valence-corrected chi connectivity index (χ4v) is 2.82. The van der Waals surface area contributed by atoms with E-state index in [0.717, 1.165) is 16.2 Å². The number of benzene rings is 2. The number of hydrogen-bond acceptors (Lipinski definition) is 4. The zero-order valence-corrected chi connectivity index (χ0v) is 17.1. The lowest BCUT2D eigenvalue weighted by molar-refractivity contribution is -0.890. The predicted molar refractivity (Wildman–Crippen MR) is 111 cm³/mol. The van der Waals surface area contributed by atoms with Gasteiger partial charge >= 0.3 is 11.8 Å². The van der Waals surface area contributed by atoms with Gasteiger partial charge in [0.2, 0.25) is 0 Å². The maximum atomic E-state index is 12.2. The van der Waals surface area contributed by atoms with Crippen LogP contribution in [0.3, 0.4) is 0 Å². The number of rotatable bonds is 7. The molecule has 0 bridgehead atoms. The van der Waals surface area contributed by atoms with Crippen molar-refractivity contribution >= 4 is 23.2 Å². The van der Waals surface area contributed by atoms with Gasteiger partial charge in [0.15, 0.2) is 0 Å². The van der Waals surface area contributed by atoms with E-state index < -0.39 is 11.8 Å². The molecular formula is C21H29N4O3+. The van der Waals surface area contributed by atoms with Gasteiger partial charge in [-0.1, -0.05) is 18.2 Å². The Kier molecular flexibility index (Phi) is 7.40. The van der Waals surface area contributed by atoms with Crippen LogP contribution in [0.2, 0.25) is 0 Å². The number of likely N-dealkylation sites (N-methyl/N-ethyl adjacent to an activating group) is 1. The van der Waals surface area contributed by atoms with Gasteiger partial charge in [0.1, 0.15) is 11.8 Å². The molecule has 0 aliphatic heterocycles. The fourth-order valence-electron chi connectivity index (χ4n) is 2.82. The molecule has 0 saturated heterocycles. The number of quaternary nitrogens is 1. The Bertz CT molecular complexity index is 804. The van der Waals surface area contributed by atoms with Crippen LogP contribution < -0.4 is 25.2 Å². The van der Waals surface area contributed by atoms with Crippen molar-refractivity contribution in [3.05, 3.63) is 54.1 Å². The monoisotopic (exact) mass is 385 g/mol. The van der Waals surface area contributed by atoms with Gasteiger partial charge in [0.25, 0.3) is 0 Å². The molecule has 3 N–H and O–H groups in total. The summed E-state index contributed by atoms with van der Waals surface area (Å²) in [5, 5.41) is 5.32. The van der Waals surface area contributed by atoms with Gasteiger partial charge in [-0.05, 0) is 24.3 Å². The third kappa shape index (κ3) is 5.72. The van der Waals surface area contributed by atoms with Crippen LogP contribution in [0.5, 0.6) is 5.75 Å². The van der Waals surface area contributed by atoms with E-state index in [2.05, 4.69) is 22.8 Å². The first-order chi connectivity index (χ1) is 13.3. The number of carbonyl (C=O) groups is 2. The second-order valence-corrected chi connectivity index (χ2v) is 7.01. The van der Waals surface area contributed by atoms with Gasteiger partial charge in [-0.15, -0.1) is 0 Å². The Morgan fingerprint density at radius 1 is 1.07 bits per heavy atom. The van der Waals surface area contributed by atoms with Crippen molar-refractivity contribution in [2.75, 3.05) is 52.1 Å². The topological polar surface area (TPSA) is 75.1 Å². The molecule has 0 aromatic heterocycles. The number of hydrogen-bond donors (Lipinski definition) is 3. The van der Waals surface area contributed by atoms with Gasteiger partial charge in [-0.25, -0.2) is 0 Å². The van der Waals surface area contributed by atoms with Crippen LogP contribution in [0.15, 0.2) is 48.5 Å². The van der Waals surface area contributed by atoms with Crippen molar-refractivity contribution in [1.82, 2.24) is 5.32 Å². The van der Waals surface area contributed by atoms with Crippen molar-refractivity contribution in [2.24, 2.45) is 0 Å². The van der Waals surface area contributed by atoms with Crippen molar-refractivity contribution in [3.63, 3.8) is 0 Å². The molecule has 0 spiro atoms. The Balaban J connectivity index is 1.98. The maximum absolute atomic E-state index is 12.2.